The molecule has 0 spiro atoms. The predicted octanol–water partition coefficient (Wildman–Crippen LogP) is 6.75. The molecular weight excluding hydrogens is 370 g/mol. The number of methoxy groups -OCH3 is 1. The molecule has 0 N–H and O–H groups in total. The van der Waals surface area contributed by atoms with Crippen LogP contribution in [0.2, 0.25) is 0 Å². The molecule has 0 aliphatic carbocycles. The fourth-order valence-electron chi connectivity index (χ4n) is 2.29. The largest absolute Gasteiger partial charge is 0.497 e. The van der Waals surface area contributed by atoms with Crippen molar-refractivity contribution in [2.45, 2.75) is 39.5 Å². The standard InChI is InChI=1S/C11H11F2N.C11H14F2O/c1-8(2)11(12,13)10-5-3-4-9(6-10)7-14;1-8(2)11(12,13)9-5-4-6-10(7-9)14-3/h3-6,8H,1-2H3;4-8H,1-3H3. The van der Waals surface area contributed by atoms with Gasteiger partial charge in [0.1, 0.15) is 5.75 Å². The van der Waals surface area contributed by atoms with E-state index in [-0.39, 0.29) is 16.7 Å². The molecule has 2 aromatic carbocycles. The third kappa shape index (κ3) is 5.72. The summed E-state index contributed by atoms with van der Waals surface area (Å²) >= 11 is 0. The minimum Gasteiger partial charge on any atom is -0.497 e. The van der Waals surface area contributed by atoms with Gasteiger partial charge in [0, 0.05) is 23.0 Å². The maximum Gasteiger partial charge on any atom is 0.275 e. The smallest absolute Gasteiger partial charge is 0.275 e. The van der Waals surface area contributed by atoms with Crippen LogP contribution in [0.5, 0.6) is 5.75 Å². The van der Waals surface area contributed by atoms with Crippen LogP contribution in [0, 0.1) is 23.2 Å². The van der Waals surface area contributed by atoms with Crippen LogP contribution >= 0.6 is 0 Å². The molecule has 0 bridgehead atoms. The van der Waals surface area contributed by atoms with E-state index in [2.05, 4.69) is 0 Å². The molecule has 0 radical (unpaired) electrons. The van der Waals surface area contributed by atoms with E-state index in [9.17, 15) is 17.6 Å². The lowest BCUT2D eigenvalue weighted by Crippen LogP contribution is -2.20. The highest BCUT2D eigenvalue weighted by Gasteiger charge is 2.36. The van der Waals surface area contributed by atoms with Crippen molar-refractivity contribution in [2.24, 2.45) is 11.8 Å². The third-order valence-electron chi connectivity index (χ3n) is 4.28. The number of nitrogens with zero attached hydrogens (tertiary/aromatic N) is 1. The van der Waals surface area contributed by atoms with Gasteiger partial charge in [0.25, 0.3) is 11.8 Å². The summed E-state index contributed by atoms with van der Waals surface area (Å²) in [6.45, 7) is 5.91. The van der Waals surface area contributed by atoms with Crippen molar-refractivity contribution in [1.29, 1.82) is 5.26 Å². The highest BCUT2D eigenvalue weighted by atomic mass is 19.3. The zero-order valence-corrected chi connectivity index (χ0v) is 16.6. The lowest BCUT2D eigenvalue weighted by molar-refractivity contribution is -0.0518. The summed E-state index contributed by atoms with van der Waals surface area (Å²) in [7, 11) is 1.46. The highest BCUT2D eigenvalue weighted by molar-refractivity contribution is 5.35. The second-order valence-corrected chi connectivity index (χ2v) is 6.98. The van der Waals surface area contributed by atoms with Gasteiger partial charge < -0.3 is 4.74 Å². The van der Waals surface area contributed by atoms with Crippen molar-refractivity contribution in [3.8, 4) is 11.8 Å². The first-order valence-corrected chi connectivity index (χ1v) is 8.87. The van der Waals surface area contributed by atoms with Crippen molar-refractivity contribution in [1.82, 2.24) is 0 Å². The van der Waals surface area contributed by atoms with Crippen LogP contribution in [-0.4, -0.2) is 7.11 Å². The van der Waals surface area contributed by atoms with Gasteiger partial charge in [-0.25, -0.2) is 17.6 Å². The molecule has 0 aliphatic heterocycles. The molecule has 28 heavy (non-hydrogen) atoms. The Kier molecular flexibility index (Phi) is 8.04. The fraction of sp³-hybridized carbons (Fsp3) is 0.409. The van der Waals surface area contributed by atoms with Crippen molar-refractivity contribution >= 4 is 0 Å². The lowest BCUT2D eigenvalue weighted by atomic mass is 9.96. The minimum atomic E-state index is -2.87. The van der Waals surface area contributed by atoms with Gasteiger partial charge in [-0.15, -0.1) is 0 Å². The molecule has 0 saturated carbocycles. The van der Waals surface area contributed by atoms with Crippen LogP contribution in [0.3, 0.4) is 0 Å². The second-order valence-electron chi connectivity index (χ2n) is 6.98. The maximum absolute atomic E-state index is 13.5. The average Bonchev–Trinajstić information content (AvgIpc) is 2.68. The second kappa shape index (κ2) is 9.59. The van der Waals surface area contributed by atoms with Crippen LogP contribution in [0.25, 0.3) is 0 Å². The van der Waals surface area contributed by atoms with Gasteiger partial charge in [0.15, 0.2) is 0 Å². The van der Waals surface area contributed by atoms with Crippen LogP contribution < -0.4 is 4.74 Å². The Morgan fingerprint density at radius 1 is 0.821 bits per heavy atom. The summed E-state index contributed by atoms with van der Waals surface area (Å²) in [6, 6.07) is 13.4. The molecule has 0 heterocycles. The van der Waals surface area contributed by atoms with E-state index < -0.39 is 23.7 Å². The molecule has 0 aromatic heterocycles. The van der Waals surface area contributed by atoms with Gasteiger partial charge in [0.2, 0.25) is 0 Å². The Balaban J connectivity index is 0.000000280. The molecule has 0 unspecified atom stereocenters. The molecule has 2 nitrogen and oxygen atoms in total. The number of benzene rings is 2. The van der Waals surface area contributed by atoms with Gasteiger partial charge >= 0.3 is 0 Å². The summed E-state index contributed by atoms with van der Waals surface area (Å²) in [4.78, 5) is 0. The van der Waals surface area contributed by atoms with Crippen molar-refractivity contribution in [3.63, 3.8) is 0 Å². The average molecular weight is 395 g/mol. The summed E-state index contributed by atoms with van der Waals surface area (Å²) in [6.07, 6.45) is 0. The van der Waals surface area contributed by atoms with Gasteiger partial charge in [-0.3, -0.25) is 0 Å². The van der Waals surface area contributed by atoms with Crippen LogP contribution in [-0.2, 0) is 11.8 Å². The molecule has 0 aliphatic rings. The summed E-state index contributed by atoms with van der Waals surface area (Å²) in [5, 5.41) is 8.57. The first kappa shape index (κ1) is 23.5. The Labute approximate surface area is 163 Å². The van der Waals surface area contributed by atoms with Crippen molar-refractivity contribution < 1.29 is 22.3 Å². The van der Waals surface area contributed by atoms with Gasteiger partial charge in [-0.1, -0.05) is 52.0 Å². The molecule has 0 fully saturated rings. The van der Waals surface area contributed by atoms with Gasteiger partial charge in [-0.05, 0) is 24.3 Å². The van der Waals surface area contributed by atoms with E-state index in [0.717, 1.165) is 0 Å². The highest BCUT2D eigenvalue weighted by Crippen LogP contribution is 2.37. The van der Waals surface area contributed by atoms with E-state index in [1.165, 1.54) is 71.2 Å². The molecule has 0 saturated heterocycles. The molecule has 0 amide bonds. The Hall–Kier alpha value is -2.55. The summed E-state index contributed by atoms with van der Waals surface area (Å²) in [5.74, 6) is -6.68. The predicted molar refractivity (Wildman–Crippen MR) is 102 cm³/mol. The zero-order chi connectivity index (χ0) is 21.5. The number of halogens is 4. The lowest BCUT2D eigenvalue weighted by Gasteiger charge is -2.20. The van der Waals surface area contributed by atoms with Gasteiger partial charge in [-0.2, -0.15) is 5.26 Å². The number of ether oxygens (including phenoxy) is 1. The minimum absolute atomic E-state index is 0.00634. The van der Waals surface area contributed by atoms with Crippen molar-refractivity contribution in [3.05, 3.63) is 65.2 Å². The van der Waals surface area contributed by atoms with Gasteiger partial charge in [0.05, 0.1) is 18.7 Å². The normalized spacial score (nSPS) is 11.6. The quantitative estimate of drug-likeness (QED) is 0.525. The molecule has 6 heteroatoms. The summed E-state index contributed by atoms with van der Waals surface area (Å²) < 4.78 is 58.9. The first-order chi connectivity index (χ1) is 13.0. The molecule has 2 rings (SSSR count). The molecular formula is C22H25F4NO. The zero-order valence-electron chi connectivity index (χ0n) is 16.6. The first-order valence-electron chi connectivity index (χ1n) is 8.87. The van der Waals surface area contributed by atoms with E-state index in [0.29, 0.717) is 5.75 Å². The monoisotopic (exact) mass is 395 g/mol. The molecule has 0 atom stereocenters. The Bertz CT molecular complexity index is 810. The SMILES string of the molecule is CC(C)C(F)(F)c1cccc(C#N)c1.COc1cccc(C(F)(F)C(C)C)c1. The van der Waals surface area contributed by atoms with E-state index in [4.69, 9.17) is 10.00 Å². The Morgan fingerprint density at radius 3 is 1.71 bits per heavy atom. The number of nitriles is 1. The van der Waals surface area contributed by atoms with Crippen LogP contribution in [0.1, 0.15) is 44.4 Å². The third-order valence-corrected chi connectivity index (χ3v) is 4.28. The van der Waals surface area contributed by atoms with Crippen LogP contribution in [0.4, 0.5) is 17.6 Å². The number of rotatable bonds is 5. The Morgan fingerprint density at radius 2 is 1.29 bits per heavy atom. The fourth-order valence-corrected chi connectivity index (χ4v) is 2.29. The topological polar surface area (TPSA) is 33.0 Å². The van der Waals surface area contributed by atoms with E-state index in [1.807, 2.05) is 6.07 Å². The maximum atomic E-state index is 13.5. The van der Waals surface area contributed by atoms with Crippen molar-refractivity contribution in [2.75, 3.05) is 7.11 Å². The summed E-state index contributed by atoms with van der Waals surface area (Å²) in [5.41, 5.74) is 0.182. The van der Waals surface area contributed by atoms with Crippen LogP contribution in [0.15, 0.2) is 48.5 Å². The number of hydrogen-bond acceptors (Lipinski definition) is 2. The number of alkyl halides is 4. The molecule has 2 aromatic rings. The van der Waals surface area contributed by atoms with E-state index in [1.54, 1.807) is 12.1 Å². The molecule has 152 valence electrons. The van der Waals surface area contributed by atoms with E-state index >= 15 is 0 Å². The number of hydrogen-bond donors (Lipinski definition) is 0.